The number of alkyl halides is 1. The van der Waals surface area contributed by atoms with Gasteiger partial charge < -0.3 is 20.8 Å². The molecule has 1 aliphatic heterocycles. The van der Waals surface area contributed by atoms with E-state index in [1.54, 1.807) is 0 Å². The van der Waals surface area contributed by atoms with E-state index in [2.05, 4.69) is 20.6 Å². The Hall–Kier alpha value is -2.36. The van der Waals surface area contributed by atoms with Crippen LogP contribution in [0.4, 0.5) is 0 Å². The topological polar surface area (TPSA) is 184 Å². The number of carbonyl (C=O) groups excluding carboxylic acids is 4. The van der Waals surface area contributed by atoms with Crippen LogP contribution in [0.25, 0.3) is 0 Å². The van der Waals surface area contributed by atoms with Gasteiger partial charge in [0, 0.05) is 13.1 Å². The Labute approximate surface area is 168 Å². The first-order valence-electron chi connectivity index (χ1n) is 7.19. The van der Waals surface area contributed by atoms with Crippen LogP contribution in [-0.2, 0) is 34.3 Å². The SMILES string of the molecule is CO/N=C(/NC(=O)CCl)C(=O)N[C@@H]1C(=O)N(S(=O)(=O)O)[C@@H]1S/C=C/NC(C)=O. The van der Waals surface area contributed by atoms with Gasteiger partial charge in [0.2, 0.25) is 17.6 Å². The van der Waals surface area contributed by atoms with Crippen molar-refractivity contribution in [3.8, 4) is 0 Å². The lowest BCUT2D eigenvalue weighted by Crippen LogP contribution is -2.71. The monoisotopic (exact) mass is 457 g/mol. The smallest absolute Gasteiger partial charge is 0.363 e. The molecule has 0 saturated carbocycles. The third kappa shape index (κ3) is 6.36. The van der Waals surface area contributed by atoms with Crippen LogP contribution in [0.2, 0.25) is 0 Å². The summed E-state index contributed by atoms with van der Waals surface area (Å²) in [6.45, 7) is 1.24. The molecule has 1 fully saturated rings. The number of hydrogen-bond donors (Lipinski definition) is 4. The lowest BCUT2D eigenvalue weighted by atomic mass is 10.1. The Morgan fingerprint density at radius 2 is 2.07 bits per heavy atom. The summed E-state index contributed by atoms with van der Waals surface area (Å²) < 4.78 is 32.0. The van der Waals surface area contributed by atoms with Crippen LogP contribution in [0.1, 0.15) is 6.92 Å². The van der Waals surface area contributed by atoms with E-state index in [9.17, 15) is 27.6 Å². The van der Waals surface area contributed by atoms with Crippen LogP contribution in [0.3, 0.4) is 0 Å². The molecule has 0 aliphatic carbocycles. The molecular formula is C12H16ClN5O8S2. The third-order valence-electron chi connectivity index (χ3n) is 2.88. The fraction of sp³-hybridized carbons (Fsp3) is 0.417. The molecule has 4 amide bonds. The van der Waals surface area contributed by atoms with Gasteiger partial charge in [-0.2, -0.15) is 12.7 Å². The number of hydrogen-bond acceptors (Lipinski definition) is 9. The van der Waals surface area contributed by atoms with Gasteiger partial charge in [0.15, 0.2) is 0 Å². The normalized spacial score (nSPS) is 19.8. The van der Waals surface area contributed by atoms with Gasteiger partial charge in [-0.3, -0.25) is 23.7 Å². The minimum atomic E-state index is -4.89. The maximum atomic E-state index is 12.2. The summed E-state index contributed by atoms with van der Waals surface area (Å²) in [4.78, 5) is 50.8. The Kier molecular flexibility index (Phi) is 8.67. The molecule has 28 heavy (non-hydrogen) atoms. The highest BCUT2D eigenvalue weighted by Gasteiger charge is 2.54. The van der Waals surface area contributed by atoms with Crippen LogP contribution in [0.15, 0.2) is 16.8 Å². The summed E-state index contributed by atoms with van der Waals surface area (Å²) in [5.74, 6) is -4.47. The van der Waals surface area contributed by atoms with Crippen molar-refractivity contribution >= 4 is 63.1 Å². The molecule has 0 bridgehead atoms. The highest BCUT2D eigenvalue weighted by Crippen LogP contribution is 2.32. The maximum absolute atomic E-state index is 12.2. The number of carbonyl (C=O) groups is 4. The fourth-order valence-corrected chi connectivity index (χ4v) is 3.94. The van der Waals surface area contributed by atoms with E-state index < -0.39 is 57.1 Å². The summed E-state index contributed by atoms with van der Waals surface area (Å²) in [6, 6.07) is -1.39. The zero-order valence-electron chi connectivity index (χ0n) is 14.4. The molecule has 0 aromatic heterocycles. The number of nitrogens with zero attached hydrogens (tertiary/aromatic N) is 2. The average molecular weight is 458 g/mol. The maximum Gasteiger partial charge on any atom is 0.363 e. The van der Waals surface area contributed by atoms with E-state index in [-0.39, 0.29) is 4.31 Å². The Morgan fingerprint density at radius 1 is 1.43 bits per heavy atom. The molecule has 1 heterocycles. The van der Waals surface area contributed by atoms with Crippen LogP contribution in [0.5, 0.6) is 0 Å². The first kappa shape index (κ1) is 23.7. The first-order chi connectivity index (χ1) is 13.0. The number of β-lactam (4-membered cyclic amide) rings is 1. The third-order valence-corrected chi connectivity index (χ3v) is 5.22. The second-order valence-corrected chi connectivity index (χ2v) is 7.48. The summed E-state index contributed by atoms with van der Waals surface area (Å²) in [6.07, 6.45) is 1.18. The van der Waals surface area contributed by atoms with Crippen molar-refractivity contribution in [2.45, 2.75) is 18.3 Å². The molecule has 2 atom stereocenters. The number of halogens is 1. The van der Waals surface area contributed by atoms with Crippen molar-refractivity contribution in [1.82, 2.24) is 20.3 Å². The molecule has 4 N–H and O–H groups in total. The number of amides is 4. The fourth-order valence-electron chi connectivity index (χ4n) is 1.81. The minimum absolute atomic E-state index is 0.144. The molecule has 156 valence electrons. The van der Waals surface area contributed by atoms with E-state index in [1.807, 2.05) is 5.32 Å². The van der Waals surface area contributed by atoms with Gasteiger partial charge in [0.1, 0.15) is 24.4 Å². The molecule has 0 unspecified atom stereocenters. The van der Waals surface area contributed by atoms with Gasteiger partial charge in [-0.1, -0.05) is 5.16 Å². The van der Waals surface area contributed by atoms with Crippen molar-refractivity contribution in [2.24, 2.45) is 5.16 Å². The van der Waals surface area contributed by atoms with Crippen LogP contribution in [0, 0.1) is 0 Å². The Bertz CT molecular complexity index is 815. The van der Waals surface area contributed by atoms with E-state index in [4.69, 9.17) is 16.2 Å². The molecule has 13 nitrogen and oxygen atoms in total. The molecule has 1 saturated heterocycles. The largest absolute Gasteiger partial charge is 0.397 e. The molecule has 0 aromatic carbocycles. The van der Waals surface area contributed by atoms with Gasteiger partial charge in [-0.25, -0.2) is 0 Å². The first-order valence-corrected chi connectivity index (χ1v) is 10.1. The summed E-state index contributed by atoms with van der Waals surface area (Å²) in [5, 5.41) is 9.77. The number of nitrogens with one attached hydrogen (secondary N) is 3. The second kappa shape index (κ2) is 10.3. The van der Waals surface area contributed by atoms with Gasteiger partial charge >= 0.3 is 10.3 Å². The summed E-state index contributed by atoms with van der Waals surface area (Å²) in [5.41, 5.74) is 0. The van der Waals surface area contributed by atoms with Crippen molar-refractivity contribution in [2.75, 3.05) is 13.0 Å². The molecule has 0 radical (unpaired) electrons. The van der Waals surface area contributed by atoms with Crippen LogP contribution >= 0.6 is 23.4 Å². The quantitative estimate of drug-likeness (QED) is 0.0846. The molecule has 1 aliphatic rings. The van der Waals surface area contributed by atoms with Crippen molar-refractivity contribution in [1.29, 1.82) is 0 Å². The van der Waals surface area contributed by atoms with Crippen molar-refractivity contribution in [3.63, 3.8) is 0 Å². The lowest BCUT2D eigenvalue weighted by molar-refractivity contribution is -0.141. The highest BCUT2D eigenvalue weighted by molar-refractivity contribution is 8.03. The number of amidine groups is 1. The Balaban J connectivity index is 2.95. The van der Waals surface area contributed by atoms with E-state index >= 15 is 0 Å². The van der Waals surface area contributed by atoms with E-state index in [1.165, 1.54) is 18.5 Å². The molecule has 16 heteroatoms. The number of oxime groups is 1. The van der Waals surface area contributed by atoms with Gasteiger partial charge in [0.05, 0.1) is 0 Å². The predicted octanol–water partition coefficient (Wildman–Crippen LogP) is -1.90. The Morgan fingerprint density at radius 3 is 2.57 bits per heavy atom. The van der Waals surface area contributed by atoms with Gasteiger partial charge in [-0.15, -0.1) is 23.4 Å². The molecule has 0 aromatic rings. The standard InChI is InChI=1S/C12H16ClN5O8S2/c1-6(19)14-3-4-27-12-8(11(22)18(12)28(23,24)25)16-10(21)9(17-26-2)15-7(20)5-13/h3-4,8,12H,5H2,1-2H3,(H,14,19)(H,16,21)(H,15,17,20)(H,23,24,25)/b4-3+/t8-,12-/m1/s1. The summed E-state index contributed by atoms with van der Waals surface area (Å²) >= 11 is 6.03. The second-order valence-electron chi connectivity index (χ2n) is 4.90. The van der Waals surface area contributed by atoms with Gasteiger partial charge in [-0.05, 0) is 5.41 Å². The predicted molar refractivity (Wildman–Crippen MR) is 98.0 cm³/mol. The summed E-state index contributed by atoms with van der Waals surface area (Å²) in [7, 11) is -3.79. The van der Waals surface area contributed by atoms with Crippen LogP contribution in [-0.4, -0.2) is 71.1 Å². The number of rotatable bonds is 7. The van der Waals surface area contributed by atoms with Crippen molar-refractivity contribution in [3.05, 3.63) is 11.6 Å². The molecule has 0 spiro atoms. The van der Waals surface area contributed by atoms with Crippen LogP contribution < -0.4 is 16.0 Å². The van der Waals surface area contributed by atoms with E-state index in [0.29, 0.717) is 11.8 Å². The zero-order valence-corrected chi connectivity index (χ0v) is 16.8. The molecule has 1 rings (SSSR count). The zero-order chi connectivity index (χ0) is 21.5. The minimum Gasteiger partial charge on any atom is -0.397 e. The lowest BCUT2D eigenvalue weighted by Gasteiger charge is -2.42. The van der Waals surface area contributed by atoms with Gasteiger partial charge in [0.25, 0.3) is 11.8 Å². The van der Waals surface area contributed by atoms with Crippen molar-refractivity contribution < 1.29 is 37.0 Å². The highest BCUT2D eigenvalue weighted by atomic mass is 35.5. The van der Waals surface area contributed by atoms with E-state index in [0.717, 1.165) is 7.11 Å². The average Bonchev–Trinajstić information content (AvgIpc) is 2.59. The molecular weight excluding hydrogens is 442 g/mol. The number of thioether (sulfide) groups is 1.